The van der Waals surface area contributed by atoms with Gasteiger partial charge in [-0.15, -0.1) is 0 Å². The van der Waals surface area contributed by atoms with Gasteiger partial charge >= 0.3 is 0 Å². The lowest BCUT2D eigenvalue weighted by Gasteiger charge is -2.04. The zero-order valence-electron chi connectivity index (χ0n) is 12.1. The van der Waals surface area contributed by atoms with E-state index in [4.69, 9.17) is 11.6 Å². The maximum absolute atomic E-state index is 5.99. The number of anilines is 2. The topological polar surface area (TPSA) is 53.6 Å². The van der Waals surface area contributed by atoms with Crippen molar-refractivity contribution in [3.8, 4) is 11.3 Å². The Hall–Kier alpha value is -2.85. The number of rotatable bonds is 3. The Bertz CT molecular complexity index is 963. The van der Waals surface area contributed by atoms with Crippen molar-refractivity contribution in [1.29, 1.82) is 0 Å². The highest BCUT2D eigenvalue weighted by Crippen LogP contribution is 2.23. The van der Waals surface area contributed by atoms with E-state index in [1.807, 2.05) is 66.7 Å². The van der Waals surface area contributed by atoms with Crippen LogP contribution in [0.3, 0.4) is 0 Å². The molecule has 2 heterocycles. The second-order valence-corrected chi connectivity index (χ2v) is 5.63. The molecule has 0 saturated heterocycles. The van der Waals surface area contributed by atoms with Crippen molar-refractivity contribution in [2.24, 2.45) is 0 Å². The molecule has 0 atom stereocenters. The highest BCUT2D eigenvalue weighted by Gasteiger charge is 2.05. The summed E-state index contributed by atoms with van der Waals surface area (Å²) in [6.45, 7) is 0. The summed E-state index contributed by atoms with van der Waals surface area (Å²) in [5.74, 6) is 1.55. The zero-order valence-corrected chi connectivity index (χ0v) is 12.9. The number of aromatic amines is 1. The summed E-state index contributed by atoms with van der Waals surface area (Å²) in [6.07, 6.45) is 0. The molecule has 0 aliphatic heterocycles. The molecule has 23 heavy (non-hydrogen) atoms. The van der Waals surface area contributed by atoms with Gasteiger partial charge in [-0.05, 0) is 30.3 Å². The number of H-pyrrole nitrogens is 1. The summed E-state index contributed by atoms with van der Waals surface area (Å²) in [4.78, 5) is 4.58. The van der Waals surface area contributed by atoms with Crippen molar-refractivity contribution >= 4 is 34.1 Å². The van der Waals surface area contributed by atoms with Crippen LogP contribution in [0.15, 0.2) is 66.7 Å². The fraction of sp³-hybridized carbons (Fsp3) is 0. The van der Waals surface area contributed by atoms with Gasteiger partial charge in [-0.3, -0.25) is 5.10 Å². The Labute approximate surface area is 138 Å². The zero-order chi connectivity index (χ0) is 15.6. The molecule has 4 rings (SSSR count). The summed E-state index contributed by atoms with van der Waals surface area (Å²) in [5, 5.41) is 12.3. The lowest BCUT2D eigenvalue weighted by Crippen LogP contribution is -1.93. The fourth-order valence-corrected chi connectivity index (χ4v) is 2.63. The quantitative estimate of drug-likeness (QED) is 0.557. The number of fused-ring (bicyclic) bond motifs is 1. The largest absolute Gasteiger partial charge is 0.325 e. The Morgan fingerprint density at radius 3 is 2.65 bits per heavy atom. The standard InChI is InChI=1S/C18H13ClN4/c19-14-7-8-15-13(10-14)6-9-17(20-15)21-18-11-16(22-23-18)12-4-2-1-3-5-12/h1-11H,(H2,20,21,22,23). The first-order valence-corrected chi connectivity index (χ1v) is 7.60. The molecule has 2 N–H and O–H groups in total. The Morgan fingerprint density at radius 2 is 1.78 bits per heavy atom. The maximum atomic E-state index is 5.99. The van der Waals surface area contributed by atoms with Crippen LogP contribution >= 0.6 is 11.6 Å². The van der Waals surface area contributed by atoms with Crippen molar-refractivity contribution in [2.45, 2.75) is 0 Å². The number of nitrogens with zero attached hydrogens (tertiary/aromatic N) is 2. The molecule has 0 fully saturated rings. The average molecular weight is 321 g/mol. The Kier molecular flexibility index (Phi) is 3.44. The third-order valence-corrected chi connectivity index (χ3v) is 3.80. The average Bonchev–Trinajstić information content (AvgIpc) is 3.04. The molecular weight excluding hydrogens is 308 g/mol. The molecule has 0 spiro atoms. The van der Waals surface area contributed by atoms with Crippen molar-refractivity contribution in [2.75, 3.05) is 5.32 Å². The van der Waals surface area contributed by atoms with E-state index in [1.165, 1.54) is 0 Å². The molecule has 4 aromatic rings. The van der Waals surface area contributed by atoms with Crippen molar-refractivity contribution in [3.05, 3.63) is 71.8 Å². The number of benzene rings is 2. The number of halogens is 1. The van der Waals surface area contributed by atoms with Crippen molar-refractivity contribution < 1.29 is 0 Å². The second-order valence-electron chi connectivity index (χ2n) is 5.19. The molecule has 5 heteroatoms. The van der Waals surface area contributed by atoms with Crippen LogP contribution in [0.2, 0.25) is 5.02 Å². The summed E-state index contributed by atoms with van der Waals surface area (Å²) >= 11 is 5.99. The van der Waals surface area contributed by atoms with E-state index >= 15 is 0 Å². The minimum Gasteiger partial charge on any atom is -0.325 e. The minimum absolute atomic E-state index is 0.709. The Balaban J connectivity index is 1.61. The maximum Gasteiger partial charge on any atom is 0.132 e. The molecule has 0 unspecified atom stereocenters. The SMILES string of the molecule is Clc1ccc2nc(Nc3cc(-c4ccccc4)n[nH]3)ccc2c1. The lowest BCUT2D eigenvalue weighted by molar-refractivity contribution is 1.09. The van der Waals surface area contributed by atoms with Crippen LogP contribution in [0.5, 0.6) is 0 Å². The summed E-state index contributed by atoms with van der Waals surface area (Å²) in [7, 11) is 0. The summed E-state index contributed by atoms with van der Waals surface area (Å²) in [6, 6.07) is 21.5. The monoisotopic (exact) mass is 320 g/mol. The van der Waals surface area contributed by atoms with Gasteiger partial charge in [0.2, 0.25) is 0 Å². The van der Waals surface area contributed by atoms with E-state index in [2.05, 4.69) is 20.5 Å². The number of hydrogen-bond donors (Lipinski definition) is 2. The van der Waals surface area contributed by atoms with E-state index < -0.39 is 0 Å². The number of nitrogens with one attached hydrogen (secondary N) is 2. The first kappa shape index (κ1) is 13.8. The molecule has 0 aliphatic carbocycles. The normalized spacial score (nSPS) is 10.8. The van der Waals surface area contributed by atoms with Crippen molar-refractivity contribution in [3.63, 3.8) is 0 Å². The van der Waals surface area contributed by atoms with E-state index in [-0.39, 0.29) is 0 Å². The summed E-state index contributed by atoms with van der Waals surface area (Å²) in [5.41, 5.74) is 2.85. The van der Waals surface area contributed by atoms with Crippen LogP contribution in [0.25, 0.3) is 22.2 Å². The minimum atomic E-state index is 0.709. The molecule has 2 aromatic carbocycles. The van der Waals surface area contributed by atoms with Gasteiger partial charge < -0.3 is 5.32 Å². The van der Waals surface area contributed by atoms with Gasteiger partial charge in [-0.25, -0.2) is 4.98 Å². The molecule has 4 nitrogen and oxygen atoms in total. The van der Waals surface area contributed by atoms with Crippen LogP contribution in [0, 0.1) is 0 Å². The lowest BCUT2D eigenvalue weighted by atomic mass is 10.1. The number of hydrogen-bond acceptors (Lipinski definition) is 3. The van der Waals surface area contributed by atoms with Crippen LogP contribution in [-0.4, -0.2) is 15.2 Å². The van der Waals surface area contributed by atoms with Crippen LogP contribution in [-0.2, 0) is 0 Å². The van der Waals surface area contributed by atoms with Gasteiger partial charge in [0.05, 0.1) is 11.2 Å². The molecule has 0 amide bonds. The highest BCUT2D eigenvalue weighted by molar-refractivity contribution is 6.31. The molecule has 112 valence electrons. The van der Waals surface area contributed by atoms with E-state index in [0.29, 0.717) is 5.02 Å². The van der Waals surface area contributed by atoms with Gasteiger partial charge in [-0.1, -0.05) is 41.9 Å². The van der Waals surface area contributed by atoms with Gasteiger partial charge in [-0.2, -0.15) is 5.10 Å². The van der Waals surface area contributed by atoms with Gasteiger partial charge in [0.1, 0.15) is 11.6 Å². The number of pyridine rings is 1. The number of aromatic nitrogens is 3. The molecule has 0 saturated carbocycles. The molecule has 0 bridgehead atoms. The van der Waals surface area contributed by atoms with Crippen LogP contribution in [0.4, 0.5) is 11.6 Å². The Morgan fingerprint density at radius 1 is 0.913 bits per heavy atom. The van der Waals surface area contributed by atoms with E-state index in [1.54, 1.807) is 0 Å². The van der Waals surface area contributed by atoms with Gasteiger partial charge in [0.25, 0.3) is 0 Å². The van der Waals surface area contributed by atoms with E-state index in [0.717, 1.165) is 33.8 Å². The molecular formula is C18H13ClN4. The second kappa shape index (κ2) is 5.74. The molecule has 0 radical (unpaired) electrons. The first-order chi connectivity index (χ1) is 11.3. The first-order valence-electron chi connectivity index (χ1n) is 7.22. The van der Waals surface area contributed by atoms with Crippen molar-refractivity contribution in [1.82, 2.24) is 15.2 Å². The van der Waals surface area contributed by atoms with Crippen LogP contribution in [0.1, 0.15) is 0 Å². The van der Waals surface area contributed by atoms with Crippen LogP contribution < -0.4 is 5.32 Å². The third kappa shape index (κ3) is 2.89. The third-order valence-electron chi connectivity index (χ3n) is 3.56. The van der Waals surface area contributed by atoms with Gasteiger partial charge in [0, 0.05) is 22.0 Å². The summed E-state index contributed by atoms with van der Waals surface area (Å²) < 4.78 is 0. The fourth-order valence-electron chi connectivity index (χ4n) is 2.45. The predicted molar refractivity (Wildman–Crippen MR) is 94.1 cm³/mol. The molecule has 0 aliphatic rings. The smallest absolute Gasteiger partial charge is 0.132 e. The molecule has 2 aromatic heterocycles. The predicted octanol–water partition coefficient (Wildman–Crippen LogP) is 5.02. The van der Waals surface area contributed by atoms with Gasteiger partial charge in [0.15, 0.2) is 0 Å². The van der Waals surface area contributed by atoms with E-state index in [9.17, 15) is 0 Å². The highest BCUT2D eigenvalue weighted by atomic mass is 35.5.